The summed E-state index contributed by atoms with van der Waals surface area (Å²) in [4.78, 5) is 16.7. The first kappa shape index (κ1) is 14.6. The SMILES string of the molecule is Cc1nnc(SCc2cc(=O)n(-c3nc4ccccc4s3)[nH]2)s1.[HH]. The van der Waals surface area contributed by atoms with Crippen LogP contribution in [-0.4, -0.2) is 25.0 Å². The molecule has 0 bridgehead atoms. The van der Waals surface area contributed by atoms with Gasteiger partial charge in [-0.2, -0.15) is 4.68 Å². The number of hydrogen-bond acceptors (Lipinski definition) is 7. The molecule has 0 atom stereocenters. The zero-order valence-electron chi connectivity index (χ0n) is 12.0. The molecule has 0 saturated heterocycles. The minimum absolute atomic E-state index is 0. The lowest BCUT2D eigenvalue weighted by Gasteiger charge is -1.96. The number of hydrogen-bond donors (Lipinski definition) is 1. The van der Waals surface area contributed by atoms with E-state index in [0.717, 1.165) is 25.3 Å². The van der Waals surface area contributed by atoms with Gasteiger partial charge in [-0.3, -0.25) is 9.89 Å². The van der Waals surface area contributed by atoms with Crippen LogP contribution in [0, 0.1) is 6.92 Å². The predicted molar refractivity (Wildman–Crippen MR) is 95.9 cm³/mol. The first-order valence-corrected chi connectivity index (χ1v) is 9.41. The highest BCUT2D eigenvalue weighted by molar-refractivity contribution is 8.00. The number of aryl methyl sites for hydroxylation is 1. The highest BCUT2D eigenvalue weighted by atomic mass is 32.2. The second kappa shape index (κ2) is 5.91. The molecule has 3 aromatic heterocycles. The Hall–Kier alpha value is -1.97. The van der Waals surface area contributed by atoms with E-state index in [2.05, 4.69) is 20.3 Å². The Morgan fingerprint density at radius 2 is 2.17 bits per heavy atom. The van der Waals surface area contributed by atoms with E-state index < -0.39 is 0 Å². The number of thiazole rings is 1. The molecule has 3 heterocycles. The van der Waals surface area contributed by atoms with Crippen LogP contribution in [0.15, 0.2) is 39.5 Å². The highest BCUT2D eigenvalue weighted by Crippen LogP contribution is 2.26. The van der Waals surface area contributed by atoms with Gasteiger partial charge in [0.1, 0.15) is 5.01 Å². The van der Waals surface area contributed by atoms with Crippen LogP contribution in [0.1, 0.15) is 12.1 Å². The van der Waals surface area contributed by atoms with Gasteiger partial charge in [-0.05, 0) is 19.1 Å². The molecular formula is C14H13N5OS3. The van der Waals surface area contributed by atoms with Gasteiger partial charge in [-0.25, -0.2) is 4.98 Å². The molecule has 1 aromatic carbocycles. The van der Waals surface area contributed by atoms with Crippen molar-refractivity contribution in [3.8, 4) is 5.13 Å². The third-order valence-electron chi connectivity index (χ3n) is 3.11. The molecule has 0 amide bonds. The Labute approximate surface area is 144 Å². The van der Waals surface area contributed by atoms with Crippen molar-refractivity contribution in [2.45, 2.75) is 17.0 Å². The number of nitrogens with zero attached hydrogens (tertiary/aromatic N) is 4. The smallest absolute Gasteiger partial charge is 0.273 e. The van der Waals surface area contributed by atoms with Crippen molar-refractivity contribution >= 4 is 44.7 Å². The summed E-state index contributed by atoms with van der Waals surface area (Å²) in [5.41, 5.74) is 1.63. The summed E-state index contributed by atoms with van der Waals surface area (Å²) in [6.07, 6.45) is 0. The summed E-state index contributed by atoms with van der Waals surface area (Å²) in [6.45, 7) is 1.92. The van der Waals surface area contributed by atoms with Crippen LogP contribution >= 0.6 is 34.4 Å². The Morgan fingerprint density at radius 1 is 1.30 bits per heavy atom. The summed E-state index contributed by atoms with van der Waals surface area (Å²) in [6, 6.07) is 9.45. The number of fused-ring (bicyclic) bond motifs is 1. The molecule has 1 N–H and O–H groups in total. The highest BCUT2D eigenvalue weighted by Gasteiger charge is 2.11. The van der Waals surface area contributed by atoms with E-state index in [1.54, 1.807) is 29.2 Å². The van der Waals surface area contributed by atoms with Crippen LogP contribution in [0.4, 0.5) is 0 Å². The van der Waals surface area contributed by atoms with Gasteiger partial charge >= 0.3 is 0 Å². The summed E-state index contributed by atoms with van der Waals surface area (Å²) in [5.74, 6) is 0.641. The van der Waals surface area contributed by atoms with Crippen LogP contribution in [-0.2, 0) is 5.75 Å². The number of thioether (sulfide) groups is 1. The maximum Gasteiger partial charge on any atom is 0.273 e. The molecule has 118 valence electrons. The van der Waals surface area contributed by atoms with Gasteiger partial charge < -0.3 is 0 Å². The lowest BCUT2D eigenvalue weighted by Crippen LogP contribution is -2.12. The van der Waals surface area contributed by atoms with E-state index in [4.69, 9.17) is 0 Å². The fourth-order valence-electron chi connectivity index (χ4n) is 2.09. The van der Waals surface area contributed by atoms with Gasteiger partial charge in [0.15, 0.2) is 4.34 Å². The minimum Gasteiger partial charge on any atom is -0.292 e. The molecule has 9 heteroatoms. The molecule has 0 fully saturated rings. The number of H-pyrrole nitrogens is 1. The number of para-hydroxylation sites is 1. The molecule has 6 nitrogen and oxygen atoms in total. The Morgan fingerprint density at radius 3 is 2.96 bits per heavy atom. The number of rotatable bonds is 4. The third-order valence-corrected chi connectivity index (χ3v) is 6.15. The number of nitrogens with one attached hydrogen (secondary N) is 1. The van der Waals surface area contributed by atoms with Crippen LogP contribution < -0.4 is 5.56 Å². The van der Waals surface area contributed by atoms with Crippen LogP contribution in [0.5, 0.6) is 0 Å². The zero-order valence-corrected chi connectivity index (χ0v) is 14.5. The van der Waals surface area contributed by atoms with Crippen molar-refractivity contribution in [1.82, 2.24) is 25.0 Å². The van der Waals surface area contributed by atoms with Gasteiger partial charge in [0, 0.05) is 18.9 Å². The topological polar surface area (TPSA) is 76.5 Å². The Kier molecular flexibility index (Phi) is 3.76. The van der Waals surface area contributed by atoms with Gasteiger partial charge in [0.05, 0.1) is 10.2 Å². The van der Waals surface area contributed by atoms with Crippen LogP contribution in [0.2, 0.25) is 0 Å². The summed E-state index contributed by atoms with van der Waals surface area (Å²) in [7, 11) is 0. The van der Waals surface area contributed by atoms with Crippen LogP contribution in [0.25, 0.3) is 15.3 Å². The van der Waals surface area contributed by atoms with Gasteiger partial charge in [-0.15, -0.1) is 10.2 Å². The average Bonchev–Trinajstić information content (AvgIpc) is 3.23. The number of benzene rings is 1. The molecule has 23 heavy (non-hydrogen) atoms. The van der Waals surface area contributed by atoms with E-state index in [1.165, 1.54) is 16.0 Å². The molecular weight excluding hydrogens is 350 g/mol. The molecule has 4 aromatic rings. The fourth-order valence-corrected chi connectivity index (χ4v) is 4.74. The largest absolute Gasteiger partial charge is 0.292 e. The lowest BCUT2D eigenvalue weighted by atomic mass is 10.3. The van der Waals surface area contributed by atoms with Gasteiger partial charge in [0.25, 0.3) is 5.56 Å². The van der Waals surface area contributed by atoms with Crippen molar-refractivity contribution in [3.05, 3.63) is 51.4 Å². The monoisotopic (exact) mass is 363 g/mol. The van der Waals surface area contributed by atoms with Crippen molar-refractivity contribution in [1.29, 1.82) is 0 Å². The molecule has 0 aliphatic rings. The zero-order chi connectivity index (χ0) is 15.8. The van der Waals surface area contributed by atoms with E-state index >= 15 is 0 Å². The summed E-state index contributed by atoms with van der Waals surface area (Å²) < 4.78 is 3.45. The Bertz CT molecular complexity index is 1000. The van der Waals surface area contributed by atoms with Crippen molar-refractivity contribution in [3.63, 3.8) is 0 Å². The fraction of sp³-hybridized carbons (Fsp3) is 0.143. The third kappa shape index (κ3) is 2.94. The molecule has 0 radical (unpaired) electrons. The van der Waals surface area contributed by atoms with E-state index in [-0.39, 0.29) is 6.99 Å². The predicted octanol–water partition coefficient (Wildman–Crippen LogP) is 3.47. The molecule has 0 unspecified atom stereocenters. The molecule has 0 saturated carbocycles. The van der Waals surface area contributed by atoms with Gasteiger partial charge in [0.2, 0.25) is 5.13 Å². The second-order valence-electron chi connectivity index (χ2n) is 4.79. The summed E-state index contributed by atoms with van der Waals surface area (Å²) in [5, 5.41) is 12.8. The first-order chi connectivity index (χ1) is 11.2. The minimum atomic E-state index is -0.104. The van der Waals surface area contributed by atoms with Crippen molar-refractivity contribution in [2.75, 3.05) is 0 Å². The van der Waals surface area contributed by atoms with E-state index in [9.17, 15) is 4.79 Å². The van der Waals surface area contributed by atoms with E-state index in [0.29, 0.717) is 10.9 Å². The molecule has 4 rings (SSSR count). The van der Waals surface area contributed by atoms with Gasteiger partial charge in [-0.1, -0.05) is 46.6 Å². The molecule has 0 spiro atoms. The summed E-state index contributed by atoms with van der Waals surface area (Å²) >= 11 is 4.60. The normalized spacial score (nSPS) is 11.3. The Balaban J connectivity index is 0.00000169. The van der Waals surface area contributed by atoms with Crippen LogP contribution in [0.3, 0.4) is 0 Å². The van der Waals surface area contributed by atoms with Crippen molar-refractivity contribution < 1.29 is 1.43 Å². The standard InChI is InChI=1S/C14H11N5OS3.H2/c1-8-16-17-14(22-8)21-7-9-6-12(20)19(18-9)13-15-10-4-2-3-5-11(10)23-13;/h2-6,18H,7H2,1H3;1H. The average molecular weight is 363 g/mol. The van der Waals surface area contributed by atoms with E-state index in [1.807, 2.05) is 31.2 Å². The second-order valence-corrected chi connectivity index (χ2v) is 8.21. The number of aromatic amines is 1. The molecule has 0 aliphatic heterocycles. The maximum absolute atomic E-state index is 12.2. The molecule has 0 aliphatic carbocycles. The number of aromatic nitrogens is 5. The quantitative estimate of drug-likeness (QED) is 0.562. The maximum atomic E-state index is 12.2. The van der Waals surface area contributed by atoms with Crippen molar-refractivity contribution in [2.24, 2.45) is 0 Å². The lowest BCUT2D eigenvalue weighted by molar-refractivity contribution is 0.827. The first-order valence-electron chi connectivity index (χ1n) is 6.79.